The van der Waals surface area contributed by atoms with Crippen molar-refractivity contribution in [2.75, 3.05) is 0 Å². The molecule has 1 atom stereocenters. The molecule has 3 rings (SSSR count). The predicted octanol–water partition coefficient (Wildman–Crippen LogP) is 4.19. The molecule has 1 unspecified atom stereocenters. The van der Waals surface area contributed by atoms with E-state index in [4.69, 9.17) is 0 Å². The number of rotatable bonds is 4. The average Bonchev–Trinajstić information content (AvgIpc) is 3.17. The fourth-order valence-corrected chi connectivity index (χ4v) is 2.93. The second-order valence-corrected chi connectivity index (χ2v) is 5.63. The number of ketones is 1. The predicted molar refractivity (Wildman–Crippen MR) is 81.0 cm³/mol. The van der Waals surface area contributed by atoms with Crippen molar-refractivity contribution in [2.45, 2.75) is 13.0 Å². The first-order chi connectivity index (χ1) is 10.2. The van der Waals surface area contributed by atoms with Crippen molar-refractivity contribution in [3.8, 4) is 10.7 Å². The second kappa shape index (κ2) is 5.61. The highest BCUT2D eigenvalue weighted by molar-refractivity contribution is 7.13. The van der Waals surface area contributed by atoms with E-state index in [-0.39, 0.29) is 11.6 Å². The summed E-state index contributed by atoms with van der Waals surface area (Å²) in [7, 11) is 0. The highest BCUT2D eigenvalue weighted by atomic mass is 32.1. The molecule has 21 heavy (non-hydrogen) atoms. The van der Waals surface area contributed by atoms with E-state index in [0.717, 1.165) is 10.7 Å². The summed E-state index contributed by atoms with van der Waals surface area (Å²) in [5, 5.41) is 1.97. The van der Waals surface area contributed by atoms with Crippen LogP contribution in [0.15, 0.2) is 54.2 Å². The highest BCUT2D eigenvalue weighted by Crippen LogP contribution is 2.26. The second-order valence-electron chi connectivity index (χ2n) is 4.68. The van der Waals surface area contributed by atoms with Crippen LogP contribution in [-0.2, 0) is 0 Å². The Kier molecular flexibility index (Phi) is 3.66. The summed E-state index contributed by atoms with van der Waals surface area (Å²) < 4.78 is 14.8. The third-order valence-electron chi connectivity index (χ3n) is 3.34. The van der Waals surface area contributed by atoms with Crippen LogP contribution in [0.5, 0.6) is 0 Å². The SMILES string of the molecule is CC(C(=O)c1ccc(F)cc1)n1ccnc1-c1cccs1. The number of nitrogens with zero attached hydrogens (tertiary/aromatic N) is 2. The van der Waals surface area contributed by atoms with Gasteiger partial charge in [0, 0.05) is 18.0 Å². The van der Waals surface area contributed by atoms with Gasteiger partial charge in [-0.2, -0.15) is 0 Å². The molecule has 5 heteroatoms. The Balaban J connectivity index is 1.92. The van der Waals surface area contributed by atoms with Gasteiger partial charge in [-0.25, -0.2) is 9.37 Å². The molecule has 0 amide bonds. The van der Waals surface area contributed by atoms with Gasteiger partial charge < -0.3 is 4.57 Å². The van der Waals surface area contributed by atoms with Gasteiger partial charge in [-0.05, 0) is 42.6 Å². The van der Waals surface area contributed by atoms with E-state index in [1.165, 1.54) is 24.3 Å². The summed E-state index contributed by atoms with van der Waals surface area (Å²) in [6.45, 7) is 1.82. The minimum absolute atomic E-state index is 0.0641. The molecule has 106 valence electrons. The van der Waals surface area contributed by atoms with E-state index in [9.17, 15) is 9.18 Å². The number of carbonyl (C=O) groups excluding carboxylic acids is 1. The van der Waals surface area contributed by atoms with Crippen LogP contribution in [0.25, 0.3) is 10.7 Å². The lowest BCUT2D eigenvalue weighted by molar-refractivity contribution is 0.0935. The summed E-state index contributed by atoms with van der Waals surface area (Å²) in [6, 6.07) is 9.15. The van der Waals surface area contributed by atoms with Gasteiger partial charge in [-0.15, -0.1) is 11.3 Å². The lowest BCUT2D eigenvalue weighted by Gasteiger charge is -2.15. The van der Waals surface area contributed by atoms with Crippen LogP contribution in [-0.4, -0.2) is 15.3 Å². The van der Waals surface area contributed by atoms with E-state index in [1.807, 2.05) is 29.0 Å². The topological polar surface area (TPSA) is 34.9 Å². The fourth-order valence-electron chi connectivity index (χ4n) is 2.20. The molecule has 2 aromatic heterocycles. The summed E-state index contributed by atoms with van der Waals surface area (Å²) >= 11 is 1.58. The molecule has 0 fully saturated rings. The van der Waals surface area contributed by atoms with Crippen molar-refractivity contribution in [1.29, 1.82) is 0 Å². The molecule has 0 N–H and O–H groups in total. The Bertz CT molecular complexity index is 747. The Morgan fingerprint density at radius 1 is 1.29 bits per heavy atom. The van der Waals surface area contributed by atoms with Crippen molar-refractivity contribution >= 4 is 17.1 Å². The zero-order valence-electron chi connectivity index (χ0n) is 11.4. The van der Waals surface area contributed by atoms with Crippen molar-refractivity contribution in [3.63, 3.8) is 0 Å². The molecule has 0 spiro atoms. The normalized spacial score (nSPS) is 12.3. The average molecular weight is 300 g/mol. The maximum Gasteiger partial charge on any atom is 0.185 e. The standard InChI is InChI=1S/C16H13FN2OS/c1-11(15(20)12-4-6-13(17)7-5-12)19-9-8-18-16(19)14-3-2-10-21-14/h2-11H,1H3. The van der Waals surface area contributed by atoms with Crippen LogP contribution in [0.2, 0.25) is 0 Å². The summed E-state index contributed by atoms with van der Waals surface area (Å²) in [6.07, 6.45) is 3.48. The number of halogens is 1. The minimum atomic E-state index is -0.393. The largest absolute Gasteiger partial charge is 0.320 e. The van der Waals surface area contributed by atoms with Crippen molar-refractivity contribution < 1.29 is 9.18 Å². The van der Waals surface area contributed by atoms with Gasteiger partial charge >= 0.3 is 0 Å². The van der Waals surface area contributed by atoms with E-state index >= 15 is 0 Å². The zero-order chi connectivity index (χ0) is 14.8. The minimum Gasteiger partial charge on any atom is -0.320 e. The van der Waals surface area contributed by atoms with E-state index in [1.54, 1.807) is 23.7 Å². The van der Waals surface area contributed by atoms with Crippen LogP contribution in [0.1, 0.15) is 23.3 Å². The number of hydrogen-bond donors (Lipinski definition) is 0. The molecule has 0 aliphatic heterocycles. The van der Waals surface area contributed by atoms with Gasteiger partial charge in [0.05, 0.1) is 10.9 Å². The first-order valence-corrected chi connectivity index (χ1v) is 7.41. The van der Waals surface area contributed by atoms with Crippen molar-refractivity contribution in [3.05, 3.63) is 65.6 Å². The molecule has 3 nitrogen and oxygen atoms in total. The Hall–Kier alpha value is -2.27. The number of aromatic nitrogens is 2. The first-order valence-electron chi connectivity index (χ1n) is 6.53. The lowest BCUT2D eigenvalue weighted by Crippen LogP contribution is -2.17. The number of benzene rings is 1. The molecule has 0 radical (unpaired) electrons. The van der Waals surface area contributed by atoms with Crippen molar-refractivity contribution in [2.24, 2.45) is 0 Å². The Labute approximate surface area is 125 Å². The lowest BCUT2D eigenvalue weighted by atomic mass is 10.1. The van der Waals surface area contributed by atoms with Gasteiger partial charge in [0.15, 0.2) is 11.6 Å². The monoisotopic (exact) mass is 300 g/mol. The van der Waals surface area contributed by atoms with Gasteiger partial charge in [-0.1, -0.05) is 6.07 Å². The maximum atomic E-state index is 12.9. The summed E-state index contributed by atoms with van der Waals surface area (Å²) in [5.74, 6) is 0.361. The van der Waals surface area contributed by atoms with Crippen LogP contribution >= 0.6 is 11.3 Å². The molecular weight excluding hydrogens is 287 g/mol. The molecule has 0 saturated carbocycles. The van der Waals surface area contributed by atoms with Gasteiger partial charge in [-0.3, -0.25) is 4.79 Å². The smallest absolute Gasteiger partial charge is 0.185 e. The number of Topliss-reactive ketones (excluding diaryl/α,β-unsaturated/α-hetero) is 1. The third kappa shape index (κ3) is 2.64. The molecule has 3 aromatic rings. The summed E-state index contributed by atoms with van der Waals surface area (Å²) in [5.41, 5.74) is 0.495. The van der Waals surface area contributed by atoms with E-state index in [0.29, 0.717) is 5.56 Å². The fraction of sp³-hybridized carbons (Fsp3) is 0.125. The summed E-state index contributed by atoms with van der Waals surface area (Å²) in [4.78, 5) is 17.9. The quantitative estimate of drug-likeness (QED) is 0.677. The molecule has 1 aromatic carbocycles. The maximum absolute atomic E-state index is 12.9. The van der Waals surface area contributed by atoms with E-state index in [2.05, 4.69) is 4.98 Å². The number of carbonyl (C=O) groups is 1. The molecular formula is C16H13FN2OS. The Morgan fingerprint density at radius 2 is 2.05 bits per heavy atom. The molecule has 0 aliphatic rings. The van der Waals surface area contributed by atoms with Crippen LogP contribution in [0.3, 0.4) is 0 Å². The van der Waals surface area contributed by atoms with Gasteiger partial charge in [0.1, 0.15) is 5.82 Å². The zero-order valence-corrected chi connectivity index (χ0v) is 12.2. The van der Waals surface area contributed by atoms with Gasteiger partial charge in [0.25, 0.3) is 0 Å². The number of thiophene rings is 1. The molecule has 0 bridgehead atoms. The molecule has 2 heterocycles. The number of imidazole rings is 1. The van der Waals surface area contributed by atoms with Crippen LogP contribution < -0.4 is 0 Å². The first kappa shape index (κ1) is 13.7. The third-order valence-corrected chi connectivity index (χ3v) is 4.20. The molecule has 0 saturated heterocycles. The Morgan fingerprint density at radius 3 is 2.71 bits per heavy atom. The van der Waals surface area contributed by atoms with Crippen LogP contribution in [0.4, 0.5) is 4.39 Å². The van der Waals surface area contributed by atoms with E-state index < -0.39 is 6.04 Å². The van der Waals surface area contributed by atoms with Crippen LogP contribution in [0, 0.1) is 5.82 Å². The molecule has 0 aliphatic carbocycles. The van der Waals surface area contributed by atoms with Gasteiger partial charge in [0.2, 0.25) is 0 Å². The number of hydrogen-bond acceptors (Lipinski definition) is 3. The highest BCUT2D eigenvalue weighted by Gasteiger charge is 2.20. The van der Waals surface area contributed by atoms with Crippen molar-refractivity contribution in [1.82, 2.24) is 9.55 Å².